The molecule has 84 valence electrons. The van der Waals surface area contributed by atoms with Crippen molar-refractivity contribution < 1.29 is 0 Å². The zero-order chi connectivity index (χ0) is 11.5. The minimum absolute atomic E-state index is 0.150. The fourth-order valence-electron chi connectivity index (χ4n) is 1.54. The molecule has 0 spiro atoms. The van der Waals surface area contributed by atoms with Crippen LogP contribution in [0.3, 0.4) is 0 Å². The maximum Gasteiger partial charge on any atom is 0.251 e. The van der Waals surface area contributed by atoms with E-state index in [0.29, 0.717) is 4.77 Å². The second-order valence-electron chi connectivity index (χ2n) is 3.46. The summed E-state index contributed by atoms with van der Waals surface area (Å²) in [5.41, 5.74) is 1.20. The van der Waals surface area contributed by atoms with Gasteiger partial charge in [-0.25, -0.2) is 0 Å². The highest BCUT2D eigenvalue weighted by molar-refractivity contribution is 7.71. The quantitative estimate of drug-likeness (QED) is 0.853. The summed E-state index contributed by atoms with van der Waals surface area (Å²) in [6, 6.07) is 3.63. The summed E-state index contributed by atoms with van der Waals surface area (Å²) in [5, 5.41) is 2.09. The smallest absolute Gasteiger partial charge is 0.251 e. The number of aromatic amines is 1. The van der Waals surface area contributed by atoms with E-state index >= 15 is 0 Å². The first-order valence-electron chi connectivity index (χ1n) is 5.05. The lowest BCUT2D eigenvalue weighted by Gasteiger charge is -2.05. The molecule has 0 aliphatic carbocycles. The Labute approximate surface area is 102 Å². The minimum Gasteiger partial charge on any atom is -0.320 e. The molecule has 5 heteroatoms. The number of H-pyrrole nitrogens is 1. The van der Waals surface area contributed by atoms with Crippen LogP contribution in [0.15, 0.2) is 28.5 Å². The summed E-state index contributed by atoms with van der Waals surface area (Å²) in [6.07, 6.45) is 2.76. The number of rotatable bonds is 3. The number of thiophene rings is 1. The number of nitrogens with zero attached hydrogens (tertiary/aromatic N) is 1. The number of hydrogen-bond acceptors (Lipinski definition) is 3. The van der Waals surface area contributed by atoms with E-state index in [4.69, 9.17) is 12.2 Å². The zero-order valence-corrected chi connectivity index (χ0v) is 10.5. The lowest BCUT2D eigenvalue weighted by molar-refractivity contribution is 0.749. The maximum absolute atomic E-state index is 11.0. The normalized spacial score (nSPS) is 10.6. The molecule has 0 aliphatic heterocycles. The molecule has 0 bridgehead atoms. The lowest BCUT2D eigenvalue weighted by Crippen LogP contribution is -2.11. The third-order valence-corrected chi connectivity index (χ3v) is 3.71. The molecule has 0 amide bonds. The van der Waals surface area contributed by atoms with Gasteiger partial charge >= 0.3 is 0 Å². The van der Waals surface area contributed by atoms with Crippen LogP contribution >= 0.6 is 23.6 Å². The topological polar surface area (TPSA) is 37.8 Å². The van der Waals surface area contributed by atoms with Gasteiger partial charge in [-0.05, 0) is 35.6 Å². The van der Waals surface area contributed by atoms with Crippen LogP contribution in [0.25, 0.3) is 0 Å². The standard InChI is InChI=1S/C11H12N2OS2/c1-2-8-4-6-16-9(8)7-13-5-3-10(14)12-11(13)15/h3-6H,2,7H2,1H3,(H,12,14,15). The molecule has 1 N–H and O–H groups in total. The van der Waals surface area contributed by atoms with Gasteiger partial charge in [0.25, 0.3) is 5.56 Å². The molecule has 2 heterocycles. The van der Waals surface area contributed by atoms with Gasteiger partial charge in [-0.2, -0.15) is 0 Å². The maximum atomic E-state index is 11.0. The van der Waals surface area contributed by atoms with Crippen LogP contribution in [-0.2, 0) is 13.0 Å². The Morgan fingerprint density at radius 3 is 3.00 bits per heavy atom. The van der Waals surface area contributed by atoms with E-state index in [1.165, 1.54) is 16.5 Å². The van der Waals surface area contributed by atoms with Crippen LogP contribution in [-0.4, -0.2) is 9.55 Å². The first kappa shape index (κ1) is 11.3. The van der Waals surface area contributed by atoms with Gasteiger partial charge in [-0.15, -0.1) is 11.3 Å². The van der Waals surface area contributed by atoms with Crippen molar-refractivity contribution in [2.24, 2.45) is 0 Å². The lowest BCUT2D eigenvalue weighted by atomic mass is 10.2. The summed E-state index contributed by atoms with van der Waals surface area (Å²) in [4.78, 5) is 14.9. The Morgan fingerprint density at radius 2 is 2.31 bits per heavy atom. The van der Waals surface area contributed by atoms with Crippen LogP contribution in [0.1, 0.15) is 17.4 Å². The zero-order valence-electron chi connectivity index (χ0n) is 8.90. The Kier molecular flexibility index (Phi) is 3.36. The van der Waals surface area contributed by atoms with Gasteiger partial charge in [0.05, 0.1) is 6.54 Å². The molecule has 0 aliphatic rings. The molecule has 0 saturated heterocycles. The number of aromatic nitrogens is 2. The van der Waals surface area contributed by atoms with E-state index in [1.807, 2.05) is 4.57 Å². The van der Waals surface area contributed by atoms with Crippen LogP contribution in [0.4, 0.5) is 0 Å². The summed E-state index contributed by atoms with van der Waals surface area (Å²) in [7, 11) is 0. The van der Waals surface area contributed by atoms with E-state index in [-0.39, 0.29) is 5.56 Å². The Balaban J connectivity index is 2.34. The summed E-state index contributed by atoms with van der Waals surface area (Å²) >= 11 is 6.83. The van der Waals surface area contributed by atoms with Crippen LogP contribution < -0.4 is 5.56 Å². The van der Waals surface area contributed by atoms with E-state index in [9.17, 15) is 4.79 Å². The molecule has 2 aromatic rings. The molecule has 16 heavy (non-hydrogen) atoms. The number of aryl methyl sites for hydroxylation is 1. The molecular weight excluding hydrogens is 240 g/mol. The second-order valence-corrected chi connectivity index (χ2v) is 4.85. The Hall–Kier alpha value is -1.20. The molecule has 0 atom stereocenters. The largest absolute Gasteiger partial charge is 0.320 e. The first-order valence-corrected chi connectivity index (χ1v) is 6.34. The molecule has 0 radical (unpaired) electrons. The van der Waals surface area contributed by atoms with Crippen LogP contribution in [0.2, 0.25) is 0 Å². The second kappa shape index (κ2) is 4.76. The van der Waals surface area contributed by atoms with Crippen molar-refractivity contribution in [3.05, 3.63) is 49.3 Å². The highest BCUT2D eigenvalue weighted by Crippen LogP contribution is 2.18. The van der Waals surface area contributed by atoms with Crippen molar-refractivity contribution in [3.8, 4) is 0 Å². The average Bonchev–Trinajstić information content (AvgIpc) is 2.69. The average molecular weight is 252 g/mol. The summed E-state index contributed by atoms with van der Waals surface area (Å²) < 4.78 is 2.35. The molecule has 0 saturated carbocycles. The number of hydrogen-bond donors (Lipinski definition) is 1. The summed E-state index contributed by atoms with van der Waals surface area (Å²) in [5.74, 6) is 0. The third kappa shape index (κ3) is 2.31. The van der Waals surface area contributed by atoms with Gasteiger partial charge in [0.2, 0.25) is 0 Å². The fraction of sp³-hybridized carbons (Fsp3) is 0.273. The van der Waals surface area contributed by atoms with Crippen molar-refractivity contribution in [2.75, 3.05) is 0 Å². The van der Waals surface area contributed by atoms with Crippen LogP contribution in [0.5, 0.6) is 0 Å². The van der Waals surface area contributed by atoms with Gasteiger partial charge in [0.1, 0.15) is 0 Å². The Bertz CT molecular complexity index is 594. The van der Waals surface area contributed by atoms with E-state index in [2.05, 4.69) is 23.4 Å². The molecule has 2 rings (SSSR count). The first-order chi connectivity index (χ1) is 7.70. The van der Waals surface area contributed by atoms with Gasteiger partial charge in [-0.1, -0.05) is 6.92 Å². The van der Waals surface area contributed by atoms with E-state index < -0.39 is 0 Å². The minimum atomic E-state index is -0.150. The molecule has 3 nitrogen and oxygen atoms in total. The molecule has 2 aromatic heterocycles. The SMILES string of the molecule is CCc1ccsc1Cn1ccc(=O)[nH]c1=S. The van der Waals surface area contributed by atoms with Crippen molar-refractivity contribution in [3.63, 3.8) is 0 Å². The predicted octanol–water partition coefficient (Wildman–Crippen LogP) is 2.58. The van der Waals surface area contributed by atoms with Gasteiger partial charge in [0.15, 0.2) is 4.77 Å². The predicted molar refractivity (Wildman–Crippen MR) is 68.7 cm³/mol. The summed E-state index contributed by atoms with van der Waals surface area (Å²) in [6.45, 7) is 2.87. The monoisotopic (exact) mass is 252 g/mol. The van der Waals surface area contributed by atoms with E-state index in [0.717, 1.165) is 13.0 Å². The van der Waals surface area contributed by atoms with E-state index in [1.54, 1.807) is 17.5 Å². The molecule has 0 aromatic carbocycles. The Morgan fingerprint density at radius 1 is 1.50 bits per heavy atom. The fourth-order valence-corrected chi connectivity index (χ4v) is 2.74. The highest BCUT2D eigenvalue weighted by atomic mass is 32.1. The van der Waals surface area contributed by atoms with Crippen molar-refractivity contribution >= 4 is 23.6 Å². The highest BCUT2D eigenvalue weighted by Gasteiger charge is 2.03. The number of nitrogens with one attached hydrogen (secondary N) is 1. The van der Waals surface area contributed by atoms with Crippen molar-refractivity contribution in [2.45, 2.75) is 19.9 Å². The third-order valence-electron chi connectivity index (χ3n) is 2.43. The van der Waals surface area contributed by atoms with Gasteiger partial charge in [-0.3, -0.25) is 9.78 Å². The van der Waals surface area contributed by atoms with Gasteiger partial charge in [0, 0.05) is 17.1 Å². The molecular formula is C11H12N2OS2. The molecule has 0 fully saturated rings. The molecule has 0 unspecified atom stereocenters. The van der Waals surface area contributed by atoms with Gasteiger partial charge < -0.3 is 4.57 Å². The van der Waals surface area contributed by atoms with Crippen molar-refractivity contribution in [1.29, 1.82) is 0 Å². The van der Waals surface area contributed by atoms with Crippen molar-refractivity contribution in [1.82, 2.24) is 9.55 Å². The van der Waals surface area contributed by atoms with Crippen LogP contribution in [0, 0.1) is 4.77 Å².